The second kappa shape index (κ2) is 8.67. The van der Waals surface area contributed by atoms with Crippen LogP contribution in [0.3, 0.4) is 0 Å². The predicted molar refractivity (Wildman–Crippen MR) is 83.0 cm³/mol. The fourth-order valence-electron chi connectivity index (χ4n) is 1.85. The zero-order chi connectivity index (χ0) is 15.0. The van der Waals surface area contributed by atoms with Gasteiger partial charge < -0.3 is 9.80 Å². The van der Waals surface area contributed by atoms with Gasteiger partial charge in [-0.15, -0.1) is 0 Å². The third kappa shape index (κ3) is 6.13. The number of carbonyl (C=O) groups is 1. The van der Waals surface area contributed by atoms with E-state index in [2.05, 4.69) is 48.4 Å². The second-order valence-electron chi connectivity index (χ2n) is 5.00. The predicted octanol–water partition coefficient (Wildman–Crippen LogP) is 1.02. The summed E-state index contributed by atoms with van der Waals surface area (Å²) in [5.74, 6) is 1.41. The minimum Gasteiger partial charge on any atom is -0.373 e. The Bertz CT molecular complexity index is 437. The van der Waals surface area contributed by atoms with Gasteiger partial charge in [-0.3, -0.25) is 10.1 Å². The molecular weight excluding hydrogens is 272 g/mol. The number of likely N-dealkylation sites (N-methyl/N-ethyl adjacent to an activating group) is 2. The summed E-state index contributed by atoms with van der Waals surface area (Å²) in [6, 6.07) is 0. The molecule has 0 unspecified atom stereocenters. The van der Waals surface area contributed by atoms with E-state index in [1.165, 1.54) is 11.3 Å². The van der Waals surface area contributed by atoms with Gasteiger partial charge in [0.1, 0.15) is 0 Å². The van der Waals surface area contributed by atoms with E-state index in [9.17, 15) is 4.79 Å². The highest BCUT2D eigenvalue weighted by atomic mass is 32.2. The quantitative estimate of drug-likeness (QED) is 0.432. The number of rotatable bonds is 7. The fraction of sp³-hybridized carbons (Fsp3) is 0.571. The molecule has 1 amide bonds. The Morgan fingerprint density at radius 3 is 3.00 bits per heavy atom. The molecule has 1 aliphatic heterocycles. The monoisotopic (exact) mass is 294 g/mol. The average molecular weight is 294 g/mol. The lowest BCUT2D eigenvalue weighted by Crippen LogP contribution is -2.25. The van der Waals surface area contributed by atoms with Crippen LogP contribution >= 0.6 is 11.8 Å². The average Bonchev–Trinajstić information content (AvgIpc) is 2.38. The highest BCUT2D eigenvalue weighted by Gasteiger charge is 2.11. The number of hydrogen-bond acceptors (Lipinski definition) is 5. The van der Waals surface area contributed by atoms with Crippen molar-refractivity contribution in [1.82, 2.24) is 15.1 Å². The summed E-state index contributed by atoms with van der Waals surface area (Å²) in [4.78, 5) is 15.5. The van der Waals surface area contributed by atoms with Crippen LogP contribution in [-0.4, -0.2) is 61.4 Å². The molecule has 0 aromatic heterocycles. The van der Waals surface area contributed by atoms with Gasteiger partial charge in [0.2, 0.25) is 5.91 Å². The summed E-state index contributed by atoms with van der Waals surface area (Å²) in [5.41, 5.74) is 2.63. The SMILES string of the molecule is CN(C)CC1=CCN(C)C(CSCCC(=O)NC#N)=C1. The van der Waals surface area contributed by atoms with Crippen molar-refractivity contribution >= 4 is 17.7 Å². The third-order valence-electron chi connectivity index (χ3n) is 2.89. The molecule has 1 heterocycles. The highest BCUT2D eigenvalue weighted by Crippen LogP contribution is 2.18. The van der Waals surface area contributed by atoms with Gasteiger partial charge in [0.15, 0.2) is 6.19 Å². The minimum absolute atomic E-state index is 0.209. The first kappa shape index (κ1) is 16.6. The van der Waals surface area contributed by atoms with Gasteiger partial charge in [-0.25, -0.2) is 0 Å². The van der Waals surface area contributed by atoms with E-state index in [4.69, 9.17) is 5.26 Å². The van der Waals surface area contributed by atoms with Crippen LogP contribution in [0.15, 0.2) is 23.4 Å². The number of thioether (sulfide) groups is 1. The van der Waals surface area contributed by atoms with Gasteiger partial charge in [-0.05, 0) is 25.7 Å². The van der Waals surface area contributed by atoms with Crippen molar-refractivity contribution in [3.63, 3.8) is 0 Å². The molecule has 1 N–H and O–H groups in total. The van der Waals surface area contributed by atoms with Crippen molar-refractivity contribution in [2.24, 2.45) is 0 Å². The molecular formula is C14H22N4OS. The first-order valence-electron chi connectivity index (χ1n) is 6.54. The number of nitrogens with zero attached hydrogens (tertiary/aromatic N) is 3. The molecule has 0 bridgehead atoms. The molecule has 0 radical (unpaired) electrons. The van der Waals surface area contributed by atoms with E-state index >= 15 is 0 Å². The molecule has 0 spiro atoms. The molecule has 5 nitrogen and oxygen atoms in total. The standard InChI is InChI=1S/C14H22N4OS/c1-17(2)9-12-4-6-18(3)13(8-12)10-20-7-5-14(19)16-11-15/h4,8H,5-7,9-10H2,1-3H3,(H,16,19). The number of nitrogens with one attached hydrogen (secondary N) is 1. The molecule has 1 aliphatic rings. The van der Waals surface area contributed by atoms with Crippen molar-refractivity contribution in [1.29, 1.82) is 5.26 Å². The number of hydrogen-bond donors (Lipinski definition) is 1. The summed E-state index contributed by atoms with van der Waals surface area (Å²) >= 11 is 1.72. The Balaban J connectivity index is 2.37. The van der Waals surface area contributed by atoms with Gasteiger partial charge in [-0.2, -0.15) is 17.0 Å². The fourth-order valence-corrected chi connectivity index (χ4v) is 2.84. The minimum atomic E-state index is -0.209. The summed E-state index contributed by atoms with van der Waals surface area (Å²) in [5, 5.41) is 10.5. The van der Waals surface area contributed by atoms with Crippen LogP contribution in [0.4, 0.5) is 0 Å². The molecule has 0 aliphatic carbocycles. The Labute approximate surface area is 125 Å². The van der Waals surface area contributed by atoms with Crippen LogP contribution in [0.5, 0.6) is 0 Å². The van der Waals surface area contributed by atoms with Crippen molar-refractivity contribution < 1.29 is 4.79 Å². The maximum absolute atomic E-state index is 11.1. The number of carbonyl (C=O) groups excluding carboxylic acids is 1. The first-order chi connectivity index (χ1) is 9.52. The largest absolute Gasteiger partial charge is 0.373 e. The third-order valence-corrected chi connectivity index (χ3v) is 3.88. The van der Waals surface area contributed by atoms with E-state index in [-0.39, 0.29) is 5.91 Å². The molecule has 0 saturated heterocycles. The smallest absolute Gasteiger partial charge is 0.233 e. The summed E-state index contributed by atoms with van der Waals surface area (Å²) in [7, 11) is 6.21. The lowest BCUT2D eigenvalue weighted by molar-refractivity contribution is -0.119. The highest BCUT2D eigenvalue weighted by molar-refractivity contribution is 7.99. The van der Waals surface area contributed by atoms with E-state index < -0.39 is 0 Å². The normalized spacial score (nSPS) is 14.7. The summed E-state index contributed by atoms with van der Waals surface area (Å²) < 4.78 is 0. The molecule has 0 aromatic rings. The van der Waals surface area contributed by atoms with Crippen molar-refractivity contribution in [3.8, 4) is 6.19 Å². The van der Waals surface area contributed by atoms with Gasteiger partial charge in [-0.1, -0.05) is 6.08 Å². The van der Waals surface area contributed by atoms with Crippen molar-refractivity contribution in [2.45, 2.75) is 6.42 Å². The Morgan fingerprint density at radius 1 is 1.60 bits per heavy atom. The Morgan fingerprint density at radius 2 is 2.35 bits per heavy atom. The van der Waals surface area contributed by atoms with Gasteiger partial charge in [0.25, 0.3) is 0 Å². The van der Waals surface area contributed by atoms with Gasteiger partial charge >= 0.3 is 0 Å². The van der Waals surface area contributed by atoms with Gasteiger partial charge in [0, 0.05) is 43.8 Å². The Hall–Kier alpha value is -1.45. The summed E-state index contributed by atoms with van der Waals surface area (Å²) in [6.45, 7) is 1.89. The van der Waals surface area contributed by atoms with E-state index in [1.54, 1.807) is 18.0 Å². The molecule has 6 heteroatoms. The van der Waals surface area contributed by atoms with E-state index in [0.717, 1.165) is 24.6 Å². The maximum Gasteiger partial charge on any atom is 0.233 e. The molecule has 1 rings (SSSR count). The topological polar surface area (TPSA) is 59.4 Å². The molecule has 0 atom stereocenters. The zero-order valence-corrected chi connectivity index (χ0v) is 13.2. The van der Waals surface area contributed by atoms with Crippen LogP contribution in [0.2, 0.25) is 0 Å². The lowest BCUT2D eigenvalue weighted by atomic mass is 10.1. The maximum atomic E-state index is 11.1. The molecule has 0 fully saturated rings. The van der Waals surface area contributed by atoms with E-state index in [1.807, 2.05) is 0 Å². The number of nitriles is 1. The van der Waals surface area contributed by atoms with Crippen molar-refractivity contribution in [2.75, 3.05) is 45.7 Å². The second-order valence-corrected chi connectivity index (χ2v) is 6.10. The molecule has 0 saturated carbocycles. The van der Waals surface area contributed by atoms with Crippen LogP contribution < -0.4 is 5.32 Å². The van der Waals surface area contributed by atoms with Gasteiger partial charge in [0.05, 0.1) is 0 Å². The zero-order valence-electron chi connectivity index (χ0n) is 12.3. The lowest BCUT2D eigenvalue weighted by Gasteiger charge is -2.26. The summed E-state index contributed by atoms with van der Waals surface area (Å²) in [6.07, 6.45) is 6.51. The first-order valence-corrected chi connectivity index (χ1v) is 7.69. The Kier molecular flexibility index (Phi) is 7.20. The van der Waals surface area contributed by atoms with Crippen LogP contribution in [0, 0.1) is 11.5 Å². The molecule has 0 aromatic carbocycles. The van der Waals surface area contributed by atoms with Crippen LogP contribution in [0.25, 0.3) is 0 Å². The molecule has 20 heavy (non-hydrogen) atoms. The van der Waals surface area contributed by atoms with Crippen LogP contribution in [-0.2, 0) is 4.79 Å². The van der Waals surface area contributed by atoms with E-state index in [0.29, 0.717) is 6.42 Å². The molecule has 110 valence electrons. The number of amides is 1. The van der Waals surface area contributed by atoms with Crippen LogP contribution in [0.1, 0.15) is 6.42 Å². The van der Waals surface area contributed by atoms with Crippen molar-refractivity contribution in [3.05, 3.63) is 23.4 Å².